The molecule has 0 aliphatic rings. The Hall–Kier alpha value is -2.24. The van der Waals surface area contributed by atoms with E-state index < -0.39 is 0 Å². The van der Waals surface area contributed by atoms with E-state index in [9.17, 15) is 9.59 Å². The van der Waals surface area contributed by atoms with E-state index in [0.717, 1.165) is 0 Å². The molecule has 104 valence electrons. The van der Waals surface area contributed by atoms with Crippen LogP contribution in [0.25, 0.3) is 0 Å². The molecule has 0 saturated carbocycles. The summed E-state index contributed by atoms with van der Waals surface area (Å²) in [5.74, 6) is -0.598. The Bertz CT molecular complexity index is 467. The third-order valence-electron chi connectivity index (χ3n) is 2.81. The van der Waals surface area contributed by atoms with Gasteiger partial charge in [-0.25, -0.2) is 0 Å². The molecule has 0 aliphatic heterocycles. The quantitative estimate of drug-likeness (QED) is 0.681. The second kappa shape index (κ2) is 6.08. The Labute approximate surface area is 112 Å². The van der Waals surface area contributed by atoms with Crippen molar-refractivity contribution in [3.63, 3.8) is 0 Å². The van der Waals surface area contributed by atoms with Crippen molar-refractivity contribution in [2.24, 2.45) is 5.92 Å². The Morgan fingerprint density at radius 2 is 1.79 bits per heavy atom. The predicted octanol–water partition coefficient (Wildman–Crippen LogP) is 0.305. The van der Waals surface area contributed by atoms with Crippen molar-refractivity contribution in [1.29, 1.82) is 0 Å². The SMILES string of the molecule is CNC(=O)C(C)CN(C)C(=O)c1cc(N)cc(N)c1. The van der Waals surface area contributed by atoms with E-state index in [0.29, 0.717) is 23.5 Å². The lowest BCUT2D eigenvalue weighted by atomic mass is 10.1. The molecule has 1 unspecified atom stereocenters. The molecule has 0 heterocycles. The van der Waals surface area contributed by atoms with Gasteiger partial charge in [-0.05, 0) is 18.2 Å². The molecule has 1 aromatic carbocycles. The number of nitrogen functional groups attached to an aromatic ring is 2. The van der Waals surface area contributed by atoms with E-state index in [2.05, 4.69) is 5.32 Å². The number of carbonyl (C=O) groups excluding carboxylic acids is 2. The lowest BCUT2D eigenvalue weighted by molar-refractivity contribution is -0.124. The number of benzene rings is 1. The number of hydrogen-bond donors (Lipinski definition) is 3. The summed E-state index contributed by atoms with van der Waals surface area (Å²) in [6.45, 7) is 2.09. The molecule has 0 fully saturated rings. The third kappa shape index (κ3) is 3.87. The van der Waals surface area contributed by atoms with E-state index in [1.54, 1.807) is 39.2 Å². The van der Waals surface area contributed by atoms with Crippen LogP contribution in [-0.2, 0) is 4.79 Å². The summed E-state index contributed by atoms with van der Waals surface area (Å²) in [7, 11) is 3.21. The molecule has 19 heavy (non-hydrogen) atoms. The molecule has 1 atom stereocenters. The maximum atomic E-state index is 12.2. The zero-order chi connectivity index (χ0) is 14.6. The smallest absolute Gasteiger partial charge is 0.253 e. The van der Waals surface area contributed by atoms with Crippen LogP contribution >= 0.6 is 0 Å². The van der Waals surface area contributed by atoms with Gasteiger partial charge in [0, 0.05) is 37.6 Å². The van der Waals surface area contributed by atoms with Gasteiger partial charge in [0.25, 0.3) is 5.91 Å². The lowest BCUT2D eigenvalue weighted by Crippen LogP contribution is -2.37. The van der Waals surface area contributed by atoms with Gasteiger partial charge in [0.05, 0.1) is 5.92 Å². The van der Waals surface area contributed by atoms with E-state index in [-0.39, 0.29) is 17.7 Å². The number of nitrogens with one attached hydrogen (secondary N) is 1. The van der Waals surface area contributed by atoms with Crippen molar-refractivity contribution in [3.05, 3.63) is 23.8 Å². The van der Waals surface area contributed by atoms with Crippen LogP contribution in [0.4, 0.5) is 11.4 Å². The lowest BCUT2D eigenvalue weighted by Gasteiger charge is -2.21. The Morgan fingerprint density at radius 3 is 2.26 bits per heavy atom. The number of nitrogens with two attached hydrogens (primary N) is 2. The molecule has 6 heteroatoms. The van der Waals surface area contributed by atoms with Crippen LogP contribution in [0.3, 0.4) is 0 Å². The summed E-state index contributed by atoms with van der Waals surface area (Å²) < 4.78 is 0. The standard InChI is InChI=1S/C13H20N4O2/c1-8(12(18)16-2)7-17(3)13(19)9-4-10(14)6-11(15)5-9/h4-6,8H,7,14-15H2,1-3H3,(H,16,18). The van der Waals surface area contributed by atoms with Gasteiger partial charge in [-0.15, -0.1) is 0 Å². The first-order chi connectivity index (χ1) is 8.85. The van der Waals surface area contributed by atoms with Crippen LogP contribution in [-0.4, -0.2) is 37.4 Å². The fourth-order valence-electron chi connectivity index (χ4n) is 1.84. The van der Waals surface area contributed by atoms with Crippen molar-refractivity contribution in [1.82, 2.24) is 10.2 Å². The van der Waals surface area contributed by atoms with Crippen molar-refractivity contribution < 1.29 is 9.59 Å². The van der Waals surface area contributed by atoms with Crippen molar-refractivity contribution in [2.75, 3.05) is 32.1 Å². The minimum atomic E-state index is -0.280. The van der Waals surface area contributed by atoms with Crippen LogP contribution in [0.1, 0.15) is 17.3 Å². The molecule has 0 bridgehead atoms. The van der Waals surface area contributed by atoms with Gasteiger partial charge in [-0.2, -0.15) is 0 Å². The Balaban J connectivity index is 2.79. The maximum Gasteiger partial charge on any atom is 0.253 e. The average molecular weight is 264 g/mol. The molecule has 1 rings (SSSR count). The van der Waals surface area contributed by atoms with Gasteiger partial charge < -0.3 is 21.7 Å². The Morgan fingerprint density at radius 1 is 1.26 bits per heavy atom. The predicted molar refractivity (Wildman–Crippen MR) is 75.5 cm³/mol. The Kier molecular flexibility index (Phi) is 4.74. The molecule has 0 aliphatic carbocycles. The van der Waals surface area contributed by atoms with Crippen molar-refractivity contribution >= 4 is 23.2 Å². The number of anilines is 2. The van der Waals surface area contributed by atoms with Gasteiger partial charge >= 0.3 is 0 Å². The van der Waals surface area contributed by atoms with Gasteiger partial charge in [0.2, 0.25) is 5.91 Å². The average Bonchev–Trinajstić information content (AvgIpc) is 2.35. The topological polar surface area (TPSA) is 101 Å². The molecular formula is C13H20N4O2. The van der Waals surface area contributed by atoms with E-state index in [4.69, 9.17) is 11.5 Å². The molecular weight excluding hydrogens is 244 g/mol. The van der Waals surface area contributed by atoms with Crippen molar-refractivity contribution in [3.8, 4) is 0 Å². The van der Waals surface area contributed by atoms with Crippen LogP contribution in [0.5, 0.6) is 0 Å². The van der Waals surface area contributed by atoms with Gasteiger partial charge in [0.1, 0.15) is 0 Å². The zero-order valence-electron chi connectivity index (χ0n) is 11.4. The van der Waals surface area contributed by atoms with E-state index >= 15 is 0 Å². The number of carbonyl (C=O) groups is 2. The number of rotatable bonds is 4. The first-order valence-corrected chi connectivity index (χ1v) is 5.98. The molecule has 5 N–H and O–H groups in total. The molecule has 0 saturated heterocycles. The van der Waals surface area contributed by atoms with Gasteiger partial charge in [-0.1, -0.05) is 6.92 Å². The van der Waals surface area contributed by atoms with Crippen molar-refractivity contribution in [2.45, 2.75) is 6.92 Å². The first kappa shape index (κ1) is 14.8. The third-order valence-corrected chi connectivity index (χ3v) is 2.81. The monoisotopic (exact) mass is 264 g/mol. The molecule has 0 spiro atoms. The number of nitrogens with zero attached hydrogens (tertiary/aromatic N) is 1. The minimum Gasteiger partial charge on any atom is -0.399 e. The van der Waals surface area contributed by atoms with Gasteiger partial charge in [-0.3, -0.25) is 9.59 Å². The highest BCUT2D eigenvalue weighted by Gasteiger charge is 2.18. The highest BCUT2D eigenvalue weighted by atomic mass is 16.2. The van der Waals surface area contributed by atoms with Crippen LogP contribution in [0, 0.1) is 5.92 Å². The molecule has 0 radical (unpaired) electrons. The van der Waals surface area contributed by atoms with Crippen LogP contribution < -0.4 is 16.8 Å². The summed E-state index contributed by atoms with van der Waals surface area (Å²) in [5.41, 5.74) is 12.6. The normalized spacial score (nSPS) is 11.7. The molecule has 6 nitrogen and oxygen atoms in total. The fourth-order valence-corrected chi connectivity index (χ4v) is 1.84. The summed E-state index contributed by atoms with van der Waals surface area (Å²) in [4.78, 5) is 25.1. The molecule has 0 aromatic heterocycles. The van der Waals surface area contributed by atoms with Gasteiger partial charge in [0.15, 0.2) is 0 Å². The molecule has 1 aromatic rings. The summed E-state index contributed by atoms with van der Waals surface area (Å²) in [6, 6.07) is 4.73. The molecule has 2 amide bonds. The fraction of sp³-hybridized carbons (Fsp3) is 0.385. The summed E-state index contributed by atoms with van der Waals surface area (Å²) in [6.07, 6.45) is 0. The second-order valence-corrected chi connectivity index (χ2v) is 4.59. The second-order valence-electron chi connectivity index (χ2n) is 4.59. The van der Waals surface area contributed by atoms with E-state index in [1.165, 1.54) is 4.90 Å². The zero-order valence-corrected chi connectivity index (χ0v) is 11.4. The number of amides is 2. The van der Waals surface area contributed by atoms with Crippen LogP contribution in [0.15, 0.2) is 18.2 Å². The largest absolute Gasteiger partial charge is 0.399 e. The van der Waals surface area contributed by atoms with E-state index in [1.807, 2.05) is 0 Å². The maximum absolute atomic E-state index is 12.2. The number of hydrogen-bond acceptors (Lipinski definition) is 4. The highest BCUT2D eigenvalue weighted by Crippen LogP contribution is 2.15. The first-order valence-electron chi connectivity index (χ1n) is 5.98. The summed E-state index contributed by atoms with van der Waals surface area (Å²) >= 11 is 0. The minimum absolute atomic E-state index is 0.105. The van der Waals surface area contributed by atoms with Crippen LogP contribution in [0.2, 0.25) is 0 Å². The highest BCUT2D eigenvalue weighted by molar-refractivity contribution is 5.96. The summed E-state index contributed by atoms with van der Waals surface area (Å²) in [5, 5.41) is 2.55.